The van der Waals surface area contributed by atoms with E-state index in [4.69, 9.17) is 16.3 Å². The van der Waals surface area contributed by atoms with Crippen molar-refractivity contribution in [1.29, 1.82) is 0 Å². The minimum absolute atomic E-state index is 0.167. The van der Waals surface area contributed by atoms with E-state index in [0.29, 0.717) is 28.6 Å². The number of aromatic nitrogens is 2. The molecule has 3 unspecified atom stereocenters. The number of benzene rings is 1. The van der Waals surface area contributed by atoms with Crippen LogP contribution in [0.3, 0.4) is 0 Å². The van der Waals surface area contributed by atoms with Gasteiger partial charge in [-0.05, 0) is 91.3 Å². The van der Waals surface area contributed by atoms with Gasteiger partial charge in [0.15, 0.2) is 0 Å². The third kappa shape index (κ3) is 4.09. The van der Waals surface area contributed by atoms with Crippen LogP contribution in [0.15, 0.2) is 48.8 Å². The number of rotatable bonds is 5. The van der Waals surface area contributed by atoms with Crippen molar-refractivity contribution in [3.05, 3.63) is 65.2 Å². The predicted octanol–water partition coefficient (Wildman–Crippen LogP) is 5.60. The van der Waals surface area contributed by atoms with Crippen LogP contribution in [0.5, 0.6) is 0 Å². The normalized spacial score (nSPS) is 25.6. The first kappa shape index (κ1) is 21.3. The van der Waals surface area contributed by atoms with E-state index < -0.39 is 6.10 Å². The quantitative estimate of drug-likeness (QED) is 0.546. The lowest BCUT2D eigenvalue weighted by molar-refractivity contribution is -0.128. The number of anilines is 1. The summed E-state index contributed by atoms with van der Waals surface area (Å²) in [5.74, 6) is 1.73. The van der Waals surface area contributed by atoms with Gasteiger partial charge in [-0.2, -0.15) is 0 Å². The molecule has 0 saturated heterocycles. The van der Waals surface area contributed by atoms with E-state index >= 15 is 0 Å². The predicted molar refractivity (Wildman–Crippen MR) is 122 cm³/mol. The van der Waals surface area contributed by atoms with Crippen LogP contribution < -0.4 is 5.32 Å². The van der Waals surface area contributed by atoms with E-state index in [1.807, 2.05) is 12.3 Å². The van der Waals surface area contributed by atoms with Gasteiger partial charge in [0.05, 0.1) is 10.5 Å². The number of amides is 1. The monoisotopic (exact) mass is 453 g/mol. The molecule has 5 rings (SSSR count). The Balaban J connectivity index is 1.26. The highest BCUT2D eigenvalue weighted by atomic mass is 35.5. The van der Waals surface area contributed by atoms with Crippen LogP contribution in [-0.2, 0) is 9.53 Å². The van der Waals surface area contributed by atoms with Gasteiger partial charge in [0.2, 0.25) is 0 Å². The molecule has 2 heterocycles. The number of carbonyl (C=O) groups excluding carboxylic acids is 1. The number of carbonyl (C=O) groups is 1. The van der Waals surface area contributed by atoms with Gasteiger partial charge in [-0.1, -0.05) is 11.6 Å². The minimum Gasteiger partial charge on any atom is -0.371 e. The average molecular weight is 454 g/mol. The van der Waals surface area contributed by atoms with Gasteiger partial charge in [0.25, 0.3) is 5.91 Å². The standard InChI is InChI=1S/C25H25ClFN3O2/c1-32-24(25(31)30-23-5-2-18(26)13-29-23)17-10-14-8-16(9-15(14)11-17)20-6-7-28-22-4-3-19(27)12-21(20)22/h2-7,12-17,24H,8-11H2,1H3,(H,29,30,31). The van der Waals surface area contributed by atoms with Crippen LogP contribution in [0.2, 0.25) is 5.02 Å². The second kappa shape index (κ2) is 8.75. The molecule has 0 radical (unpaired) electrons. The highest BCUT2D eigenvalue weighted by Gasteiger charge is 2.46. The molecule has 0 spiro atoms. The van der Waals surface area contributed by atoms with Gasteiger partial charge < -0.3 is 10.1 Å². The number of pyridine rings is 2. The molecule has 2 aliphatic rings. The van der Waals surface area contributed by atoms with E-state index in [0.717, 1.165) is 36.6 Å². The molecular weight excluding hydrogens is 429 g/mol. The van der Waals surface area contributed by atoms with Crippen LogP contribution >= 0.6 is 11.6 Å². The average Bonchev–Trinajstić information content (AvgIpc) is 3.35. The molecule has 1 N–H and O–H groups in total. The molecule has 1 amide bonds. The van der Waals surface area contributed by atoms with Crippen molar-refractivity contribution in [2.45, 2.75) is 37.7 Å². The number of methoxy groups -OCH3 is 1. The van der Waals surface area contributed by atoms with Gasteiger partial charge in [0, 0.05) is 24.9 Å². The molecule has 7 heteroatoms. The molecule has 3 atom stereocenters. The summed E-state index contributed by atoms with van der Waals surface area (Å²) in [7, 11) is 1.59. The molecule has 166 valence electrons. The Morgan fingerprint density at radius 3 is 2.59 bits per heavy atom. The Kier molecular flexibility index (Phi) is 5.82. The van der Waals surface area contributed by atoms with E-state index in [2.05, 4.69) is 15.3 Å². The van der Waals surface area contributed by atoms with Gasteiger partial charge in [0.1, 0.15) is 17.7 Å². The molecule has 0 aliphatic heterocycles. The Morgan fingerprint density at radius 1 is 1.12 bits per heavy atom. The summed E-state index contributed by atoms with van der Waals surface area (Å²) in [4.78, 5) is 21.4. The number of hydrogen-bond acceptors (Lipinski definition) is 4. The van der Waals surface area contributed by atoms with Crippen LogP contribution in [0.25, 0.3) is 10.9 Å². The highest BCUT2D eigenvalue weighted by Crippen LogP contribution is 2.54. The first-order chi connectivity index (χ1) is 15.5. The van der Waals surface area contributed by atoms with Crippen molar-refractivity contribution >= 4 is 34.2 Å². The lowest BCUT2D eigenvalue weighted by Gasteiger charge is -2.23. The van der Waals surface area contributed by atoms with Crippen LogP contribution in [0, 0.1) is 23.6 Å². The van der Waals surface area contributed by atoms with Crippen LogP contribution in [-0.4, -0.2) is 29.1 Å². The zero-order chi connectivity index (χ0) is 22.2. The molecule has 5 nitrogen and oxygen atoms in total. The van der Waals surface area contributed by atoms with E-state index in [9.17, 15) is 9.18 Å². The third-order valence-corrected chi connectivity index (χ3v) is 7.37. The van der Waals surface area contributed by atoms with Crippen molar-refractivity contribution in [3.63, 3.8) is 0 Å². The fourth-order valence-corrected chi connectivity index (χ4v) is 5.93. The van der Waals surface area contributed by atoms with Gasteiger partial charge in [-0.15, -0.1) is 0 Å². The number of hydrogen-bond donors (Lipinski definition) is 1. The summed E-state index contributed by atoms with van der Waals surface area (Å²) in [6.45, 7) is 0. The molecule has 2 fully saturated rings. The fourth-order valence-electron chi connectivity index (χ4n) is 5.82. The Hall–Kier alpha value is -2.57. The lowest BCUT2D eigenvalue weighted by Crippen LogP contribution is -2.35. The lowest BCUT2D eigenvalue weighted by atomic mass is 9.89. The number of ether oxygens (including phenoxy) is 1. The van der Waals surface area contributed by atoms with Crippen molar-refractivity contribution in [3.8, 4) is 0 Å². The zero-order valence-corrected chi connectivity index (χ0v) is 18.6. The number of halogens is 2. The number of nitrogens with one attached hydrogen (secondary N) is 1. The van der Waals surface area contributed by atoms with Gasteiger partial charge >= 0.3 is 0 Å². The summed E-state index contributed by atoms with van der Waals surface area (Å²) in [6.07, 6.45) is 6.83. The Labute approximate surface area is 191 Å². The molecule has 2 aromatic heterocycles. The topological polar surface area (TPSA) is 64.1 Å². The van der Waals surface area contributed by atoms with Crippen LogP contribution in [0.4, 0.5) is 10.2 Å². The summed E-state index contributed by atoms with van der Waals surface area (Å²) >= 11 is 5.87. The van der Waals surface area contributed by atoms with E-state index in [1.165, 1.54) is 17.8 Å². The maximum Gasteiger partial charge on any atom is 0.254 e. The first-order valence-electron chi connectivity index (χ1n) is 11.0. The molecule has 0 bridgehead atoms. The van der Waals surface area contributed by atoms with Crippen LogP contribution in [0.1, 0.15) is 37.2 Å². The fraction of sp³-hybridized carbons (Fsp3) is 0.400. The molecule has 3 aromatic rings. The van der Waals surface area contributed by atoms with Crippen molar-refractivity contribution in [2.75, 3.05) is 12.4 Å². The highest BCUT2D eigenvalue weighted by molar-refractivity contribution is 6.30. The number of fused-ring (bicyclic) bond motifs is 2. The Bertz CT molecular complexity index is 1130. The van der Waals surface area contributed by atoms with E-state index in [1.54, 1.807) is 31.4 Å². The van der Waals surface area contributed by atoms with Gasteiger partial charge in [-0.3, -0.25) is 9.78 Å². The summed E-state index contributed by atoms with van der Waals surface area (Å²) in [5, 5.41) is 4.28. The molecule has 32 heavy (non-hydrogen) atoms. The summed E-state index contributed by atoms with van der Waals surface area (Å²) in [6, 6.07) is 10.2. The largest absolute Gasteiger partial charge is 0.371 e. The molecule has 1 aromatic carbocycles. The van der Waals surface area contributed by atoms with Crippen molar-refractivity contribution < 1.29 is 13.9 Å². The van der Waals surface area contributed by atoms with Crippen molar-refractivity contribution in [2.24, 2.45) is 17.8 Å². The summed E-state index contributed by atoms with van der Waals surface area (Å²) in [5.41, 5.74) is 2.03. The molecule has 2 saturated carbocycles. The minimum atomic E-state index is -0.507. The van der Waals surface area contributed by atoms with Crippen molar-refractivity contribution in [1.82, 2.24) is 9.97 Å². The van der Waals surface area contributed by atoms with E-state index in [-0.39, 0.29) is 17.6 Å². The SMILES string of the molecule is COC(C(=O)Nc1ccc(Cl)cn1)C1CC2CC(c3ccnc4ccc(F)cc34)CC2C1. The zero-order valence-electron chi connectivity index (χ0n) is 17.8. The summed E-state index contributed by atoms with van der Waals surface area (Å²) < 4.78 is 19.5. The second-order valence-electron chi connectivity index (χ2n) is 8.99. The molecular formula is C25H25ClFN3O2. The third-order valence-electron chi connectivity index (χ3n) is 7.15. The number of nitrogens with zero attached hydrogens (tertiary/aromatic N) is 2. The second-order valence-corrected chi connectivity index (χ2v) is 9.43. The Morgan fingerprint density at radius 2 is 1.91 bits per heavy atom. The maximum atomic E-state index is 13.9. The first-order valence-corrected chi connectivity index (χ1v) is 11.4. The maximum absolute atomic E-state index is 13.9. The smallest absolute Gasteiger partial charge is 0.254 e. The van der Waals surface area contributed by atoms with Gasteiger partial charge in [-0.25, -0.2) is 9.37 Å². The molecule has 2 aliphatic carbocycles.